The Balaban J connectivity index is 1.40. The summed E-state index contributed by atoms with van der Waals surface area (Å²) in [5.41, 5.74) is 5.61. The average Bonchev–Trinajstić information content (AvgIpc) is 3.18. The van der Waals surface area contributed by atoms with Crippen LogP contribution in [0, 0.1) is 5.82 Å². The minimum atomic E-state index is -4.67. The molecular formula is C20H17F4N7O2. The number of aromatic amines is 1. The Morgan fingerprint density at radius 2 is 1.94 bits per heavy atom. The van der Waals surface area contributed by atoms with Gasteiger partial charge in [0.05, 0.1) is 35.4 Å². The van der Waals surface area contributed by atoms with Gasteiger partial charge in [0.25, 0.3) is 5.91 Å². The normalized spacial score (nSPS) is 13.4. The monoisotopic (exact) mass is 463 g/mol. The molecule has 0 atom stereocenters. The van der Waals surface area contributed by atoms with E-state index in [2.05, 4.69) is 25.8 Å². The topological polar surface area (TPSA) is 129 Å². The van der Waals surface area contributed by atoms with Gasteiger partial charge in [-0.2, -0.15) is 18.3 Å². The van der Waals surface area contributed by atoms with Gasteiger partial charge in [-0.15, -0.1) is 0 Å². The molecule has 0 bridgehead atoms. The van der Waals surface area contributed by atoms with Crippen molar-refractivity contribution in [3.63, 3.8) is 0 Å². The van der Waals surface area contributed by atoms with Crippen LogP contribution in [0.15, 0.2) is 36.5 Å². The molecule has 3 amide bonds. The summed E-state index contributed by atoms with van der Waals surface area (Å²) in [5.74, 6) is -1.02. The molecule has 0 aliphatic carbocycles. The fourth-order valence-corrected chi connectivity index (χ4v) is 3.45. The maximum Gasteiger partial charge on any atom is 0.416 e. The molecule has 0 fully saturated rings. The van der Waals surface area contributed by atoms with Crippen molar-refractivity contribution in [2.24, 2.45) is 5.73 Å². The Morgan fingerprint density at radius 3 is 2.61 bits per heavy atom. The zero-order valence-electron chi connectivity index (χ0n) is 16.8. The zero-order chi connectivity index (χ0) is 23.8. The third-order valence-corrected chi connectivity index (χ3v) is 5.04. The molecule has 172 valence electrons. The summed E-state index contributed by atoms with van der Waals surface area (Å²) in [5, 5.41) is 11.2. The first-order valence-corrected chi connectivity index (χ1v) is 9.63. The van der Waals surface area contributed by atoms with Crippen LogP contribution in [0.3, 0.4) is 0 Å². The smallest absolute Gasteiger partial charge is 0.364 e. The third-order valence-electron chi connectivity index (χ3n) is 5.04. The first-order chi connectivity index (χ1) is 15.6. The molecule has 0 saturated heterocycles. The van der Waals surface area contributed by atoms with Gasteiger partial charge < -0.3 is 21.3 Å². The molecule has 5 N–H and O–H groups in total. The number of hydrogen-bond acceptors (Lipinski definition) is 5. The fraction of sp³-hybridized carbons (Fsp3) is 0.200. The summed E-state index contributed by atoms with van der Waals surface area (Å²) in [6.45, 7) is 0.979. The molecule has 3 aromatic rings. The van der Waals surface area contributed by atoms with Crippen LogP contribution in [-0.2, 0) is 19.1 Å². The largest absolute Gasteiger partial charge is 0.416 e. The second kappa shape index (κ2) is 8.41. The van der Waals surface area contributed by atoms with Gasteiger partial charge >= 0.3 is 12.2 Å². The number of nitrogens with two attached hydrogens (primary N) is 1. The number of benzene rings is 1. The Hall–Kier alpha value is -4.16. The maximum absolute atomic E-state index is 13.8. The van der Waals surface area contributed by atoms with Crippen molar-refractivity contribution >= 4 is 29.1 Å². The number of pyridine rings is 1. The summed E-state index contributed by atoms with van der Waals surface area (Å²) in [4.78, 5) is 29.7. The number of rotatable bonds is 4. The lowest BCUT2D eigenvalue weighted by Crippen LogP contribution is -2.31. The molecule has 1 aliphatic rings. The number of urea groups is 1. The number of nitrogens with zero attached hydrogens (tertiary/aromatic N) is 3. The summed E-state index contributed by atoms with van der Waals surface area (Å²) < 4.78 is 52.2. The number of carbonyl (C=O) groups is 2. The van der Waals surface area contributed by atoms with Gasteiger partial charge in [0.15, 0.2) is 5.69 Å². The number of aromatic nitrogens is 3. The minimum absolute atomic E-state index is 0.223. The Morgan fingerprint density at radius 1 is 1.15 bits per heavy atom. The Bertz CT molecular complexity index is 1210. The molecule has 3 heterocycles. The summed E-state index contributed by atoms with van der Waals surface area (Å²) in [7, 11) is 0. The summed E-state index contributed by atoms with van der Waals surface area (Å²) >= 11 is 0. The van der Waals surface area contributed by atoms with Crippen LogP contribution in [0.25, 0.3) is 0 Å². The first kappa shape index (κ1) is 22.0. The second-order valence-corrected chi connectivity index (χ2v) is 7.24. The van der Waals surface area contributed by atoms with Crippen LogP contribution < -0.4 is 21.3 Å². The molecule has 0 saturated carbocycles. The van der Waals surface area contributed by atoms with Crippen molar-refractivity contribution in [2.45, 2.75) is 19.1 Å². The van der Waals surface area contributed by atoms with Crippen molar-refractivity contribution in [2.75, 3.05) is 22.1 Å². The number of amides is 3. The zero-order valence-corrected chi connectivity index (χ0v) is 16.8. The number of primary amides is 1. The predicted molar refractivity (Wildman–Crippen MR) is 110 cm³/mol. The van der Waals surface area contributed by atoms with Gasteiger partial charge in [0, 0.05) is 12.1 Å². The van der Waals surface area contributed by atoms with Crippen LogP contribution in [0.5, 0.6) is 0 Å². The van der Waals surface area contributed by atoms with E-state index in [1.54, 1.807) is 12.1 Å². The highest BCUT2D eigenvalue weighted by Gasteiger charge is 2.31. The Kier molecular flexibility index (Phi) is 5.62. The lowest BCUT2D eigenvalue weighted by atomic mass is 10.0. The second-order valence-electron chi connectivity index (χ2n) is 7.24. The molecule has 33 heavy (non-hydrogen) atoms. The van der Waals surface area contributed by atoms with E-state index in [1.807, 2.05) is 4.90 Å². The van der Waals surface area contributed by atoms with Crippen LogP contribution in [0.4, 0.5) is 39.5 Å². The average molecular weight is 463 g/mol. The molecular weight excluding hydrogens is 446 g/mol. The minimum Gasteiger partial charge on any atom is -0.364 e. The lowest BCUT2D eigenvalue weighted by molar-refractivity contribution is -0.137. The van der Waals surface area contributed by atoms with Gasteiger partial charge in [-0.05, 0) is 36.8 Å². The number of anilines is 3. The van der Waals surface area contributed by atoms with Crippen LogP contribution in [-0.4, -0.2) is 33.7 Å². The highest BCUT2D eigenvalue weighted by molar-refractivity contribution is 5.99. The Labute approximate surface area is 184 Å². The number of alkyl halides is 3. The van der Waals surface area contributed by atoms with E-state index in [4.69, 9.17) is 5.73 Å². The van der Waals surface area contributed by atoms with Gasteiger partial charge in [-0.1, -0.05) is 0 Å². The highest BCUT2D eigenvalue weighted by Crippen LogP contribution is 2.32. The van der Waals surface area contributed by atoms with Crippen molar-refractivity contribution in [3.8, 4) is 0 Å². The number of nitrogens with one attached hydrogen (secondary N) is 3. The van der Waals surface area contributed by atoms with Crippen molar-refractivity contribution in [1.29, 1.82) is 0 Å². The predicted octanol–water partition coefficient (Wildman–Crippen LogP) is 3.27. The molecule has 13 heteroatoms. The van der Waals surface area contributed by atoms with Crippen LogP contribution in [0.2, 0.25) is 0 Å². The number of fused-ring (bicyclic) bond motifs is 1. The van der Waals surface area contributed by atoms with Crippen molar-refractivity contribution < 1.29 is 27.2 Å². The van der Waals surface area contributed by atoms with E-state index in [1.165, 1.54) is 6.20 Å². The quantitative estimate of drug-likeness (QED) is 0.442. The van der Waals surface area contributed by atoms with Crippen molar-refractivity contribution in [3.05, 3.63) is 64.9 Å². The molecule has 0 spiro atoms. The van der Waals surface area contributed by atoms with E-state index in [-0.39, 0.29) is 11.4 Å². The van der Waals surface area contributed by atoms with Crippen LogP contribution >= 0.6 is 0 Å². The lowest BCUT2D eigenvalue weighted by Gasteiger charge is -2.27. The fourth-order valence-electron chi connectivity index (χ4n) is 3.45. The molecule has 1 aliphatic heterocycles. The SMILES string of the molecule is NC(=O)c1n[nH]c2c1CCN(c1ccc(NC(=O)Nc3cc(C(F)(F)F)ccc3F)cn1)C2. The third kappa shape index (κ3) is 4.71. The van der Waals surface area contributed by atoms with Gasteiger partial charge in [-0.25, -0.2) is 14.2 Å². The van der Waals surface area contributed by atoms with Crippen molar-refractivity contribution in [1.82, 2.24) is 15.2 Å². The van der Waals surface area contributed by atoms with Crippen LogP contribution in [0.1, 0.15) is 27.3 Å². The highest BCUT2D eigenvalue weighted by atomic mass is 19.4. The number of H-pyrrole nitrogens is 1. The van der Waals surface area contributed by atoms with Gasteiger partial charge in [0.2, 0.25) is 0 Å². The summed E-state index contributed by atoms with van der Waals surface area (Å²) in [6, 6.07) is 3.98. The van der Waals surface area contributed by atoms with Gasteiger partial charge in [-0.3, -0.25) is 9.89 Å². The molecule has 2 aromatic heterocycles. The summed E-state index contributed by atoms with van der Waals surface area (Å²) in [6.07, 6.45) is -2.78. The van der Waals surface area contributed by atoms with E-state index in [0.717, 1.165) is 11.3 Å². The number of hydrogen-bond donors (Lipinski definition) is 4. The molecule has 0 unspecified atom stereocenters. The molecule has 0 radical (unpaired) electrons. The number of halogens is 4. The molecule has 4 rings (SSSR count). The van der Waals surface area contributed by atoms with E-state index in [9.17, 15) is 27.2 Å². The standard InChI is InChI=1S/C20H17F4N7O2/c21-13-3-1-10(20(22,23)24)7-14(13)28-19(33)27-11-2-4-16(26-8-11)31-6-5-12-15(9-31)29-30-17(12)18(25)32/h1-4,7-8H,5-6,9H2,(H2,25,32)(H,29,30)(H2,27,28,33). The van der Waals surface area contributed by atoms with E-state index in [0.29, 0.717) is 43.5 Å². The maximum atomic E-state index is 13.8. The van der Waals surface area contributed by atoms with E-state index >= 15 is 0 Å². The molecule has 9 nitrogen and oxygen atoms in total. The van der Waals surface area contributed by atoms with E-state index < -0.39 is 35.2 Å². The van der Waals surface area contributed by atoms with Gasteiger partial charge in [0.1, 0.15) is 11.6 Å². The molecule has 1 aromatic carbocycles. The number of carbonyl (C=O) groups excluding carboxylic acids is 2. The first-order valence-electron chi connectivity index (χ1n) is 9.63.